The van der Waals surface area contributed by atoms with E-state index >= 15 is 0 Å². The van der Waals surface area contributed by atoms with E-state index in [1.54, 1.807) is 6.07 Å². The van der Waals surface area contributed by atoms with Gasteiger partial charge in [0.1, 0.15) is 5.69 Å². The van der Waals surface area contributed by atoms with Crippen LogP contribution in [0.15, 0.2) is 18.3 Å². The molecule has 98 valence electrons. The van der Waals surface area contributed by atoms with Crippen LogP contribution in [0.1, 0.15) is 35.3 Å². The van der Waals surface area contributed by atoms with Crippen molar-refractivity contribution in [2.75, 3.05) is 13.2 Å². The molecule has 5 nitrogen and oxygen atoms in total. The fourth-order valence-electron chi connectivity index (χ4n) is 1.93. The molecule has 0 aromatic carbocycles. The predicted octanol–water partition coefficient (Wildman–Crippen LogP) is 1.87. The maximum absolute atomic E-state index is 10.8. The zero-order valence-corrected chi connectivity index (χ0v) is 10.2. The molecule has 1 atom stereocenters. The van der Waals surface area contributed by atoms with E-state index in [0.29, 0.717) is 13.2 Å². The minimum Gasteiger partial charge on any atom is -0.477 e. The molecule has 1 aromatic heterocycles. The molecule has 1 fully saturated rings. The van der Waals surface area contributed by atoms with Crippen LogP contribution in [0, 0.1) is 0 Å². The summed E-state index contributed by atoms with van der Waals surface area (Å²) in [6.45, 7) is 1.76. The number of carbonyl (C=O) groups is 1. The summed E-state index contributed by atoms with van der Waals surface area (Å²) < 4.78 is 11.1. The van der Waals surface area contributed by atoms with Gasteiger partial charge < -0.3 is 14.6 Å². The van der Waals surface area contributed by atoms with E-state index in [-0.39, 0.29) is 11.8 Å². The number of aromatic nitrogens is 1. The van der Waals surface area contributed by atoms with Crippen molar-refractivity contribution in [2.45, 2.75) is 32.0 Å². The lowest BCUT2D eigenvalue weighted by molar-refractivity contribution is -0.0447. The van der Waals surface area contributed by atoms with Crippen molar-refractivity contribution in [2.24, 2.45) is 0 Å². The average molecular weight is 251 g/mol. The molecular formula is C13H17NO4. The monoisotopic (exact) mass is 251 g/mol. The minimum atomic E-state index is -1.02. The van der Waals surface area contributed by atoms with E-state index < -0.39 is 5.97 Å². The second-order valence-corrected chi connectivity index (χ2v) is 4.36. The second kappa shape index (κ2) is 6.47. The van der Waals surface area contributed by atoms with Gasteiger partial charge in [0.05, 0.1) is 19.3 Å². The highest BCUT2D eigenvalue weighted by Gasteiger charge is 2.13. The van der Waals surface area contributed by atoms with Crippen LogP contribution in [0.3, 0.4) is 0 Å². The lowest BCUT2D eigenvalue weighted by Crippen LogP contribution is -2.24. The summed E-state index contributed by atoms with van der Waals surface area (Å²) in [6, 6.07) is 3.29. The van der Waals surface area contributed by atoms with Crippen LogP contribution >= 0.6 is 0 Å². The standard InChI is InChI=1S/C13H17NO4/c15-13(16)12-7-10(4-5-14-12)8-17-9-11-3-1-2-6-18-11/h4-5,7,11H,1-3,6,8-9H2,(H,15,16). The maximum Gasteiger partial charge on any atom is 0.354 e. The molecule has 0 saturated carbocycles. The molecule has 5 heteroatoms. The minimum absolute atomic E-state index is 0.0463. The first kappa shape index (κ1) is 13.0. The molecule has 0 amide bonds. The van der Waals surface area contributed by atoms with Crippen LogP contribution in [0.5, 0.6) is 0 Å². The van der Waals surface area contributed by atoms with Gasteiger partial charge in [-0.2, -0.15) is 0 Å². The Morgan fingerprint density at radius 3 is 3.17 bits per heavy atom. The highest BCUT2D eigenvalue weighted by Crippen LogP contribution is 2.13. The Balaban J connectivity index is 1.78. The predicted molar refractivity (Wildman–Crippen MR) is 64.4 cm³/mol. The number of rotatable bonds is 5. The third-order valence-electron chi connectivity index (χ3n) is 2.89. The van der Waals surface area contributed by atoms with Crippen molar-refractivity contribution in [3.63, 3.8) is 0 Å². The number of ether oxygens (including phenoxy) is 2. The van der Waals surface area contributed by atoms with Gasteiger partial charge in [0.25, 0.3) is 0 Å². The molecule has 0 spiro atoms. The van der Waals surface area contributed by atoms with Gasteiger partial charge in [-0.15, -0.1) is 0 Å². The number of pyridine rings is 1. The summed E-state index contributed by atoms with van der Waals surface area (Å²) in [5, 5.41) is 8.82. The van der Waals surface area contributed by atoms with Gasteiger partial charge in [0.2, 0.25) is 0 Å². The van der Waals surface area contributed by atoms with E-state index in [1.807, 2.05) is 0 Å². The first-order valence-electron chi connectivity index (χ1n) is 6.13. The largest absolute Gasteiger partial charge is 0.477 e. The Morgan fingerprint density at radius 1 is 1.56 bits per heavy atom. The van der Waals surface area contributed by atoms with Gasteiger partial charge in [-0.3, -0.25) is 0 Å². The third-order valence-corrected chi connectivity index (χ3v) is 2.89. The molecule has 1 aliphatic heterocycles. The van der Waals surface area contributed by atoms with Crippen LogP contribution in [-0.4, -0.2) is 35.4 Å². The van der Waals surface area contributed by atoms with Crippen LogP contribution in [0.25, 0.3) is 0 Å². The van der Waals surface area contributed by atoms with Gasteiger partial charge in [0, 0.05) is 12.8 Å². The Morgan fingerprint density at radius 2 is 2.44 bits per heavy atom. The molecule has 0 bridgehead atoms. The van der Waals surface area contributed by atoms with E-state index in [9.17, 15) is 4.79 Å². The van der Waals surface area contributed by atoms with Gasteiger partial charge in [0.15, 0.2) is 0 Å². The van der Waals surface area contributed by atoms with Crippen molar-refractivity contribution in [3.8, 4) is 0 Å². The molecule has 2 rings (SSSR count). The molecule has 1 saturated heterocycles. The Bertz CT molecular complexity index is 402. The number of nitrogens with zero attached hydrogens (tertiary/aromatic N) is 1. The fourth-order valence-corrected chi connectivity index (χ4v) is 1.93. The molecule has 0 aliphatic carbocycles. The maximum atomic E-state index is 10.8. The summed E-state index contributed by atoms with van der Waals surface area (Å²) in [6.07, 6.45) is 5.02. The van der Waals surface area contributed by atoms with E-state index in [2.05, 4.69) is 4.98 Å². The summed E-state index contributed by atoms with van der Waals surface area (Å²) >= 11 is 0. The second-order valence-electron chi connectivity index (χ2n) is 4.36. The SMILES string of the molecule is O=C(O)c1cc(COCC2CCCCO2)ccn1. The summed E-state index contributed by atoms with van der Waals surface area (Å²) in [5.41, 5.74) is 0.864. The van der Waals surface area contributed by atoms with Gasteiger partial charge in [-0.05, 0) is 37.0 Å². The number of hydrogen-bond donors (Lipinski definition) is 1. The first-order chi connectivity index (χ1) is 8.75. The van der Waals surface area contributed by atoms with Gasteiger partial charge in [-0.25, -0.2) is 9.78 Å². The van der Waals surface area contributed by atoms with Crippen molar-refractivity contribution < 1.29 is 19.4 Å². The van der Waals surface area contributed by atoms with Gasteiger partial charge in [-0.1, -0.05) is 0 Å². The van der Waals surface area contributed by atoms with Crippen LogP contribution < -0.4 is 0 Å². The van der Waals surface area contributed by atoms with Crippen LogP contribution in [0.2, 0.25) is 0 Å². The number of carboxylic acid groups (broad SMARTS) is 1. The first-order valence-corrected chi connectivity index (χ1v) is 6.13. The number of aromatic carboxylic acids is 1. The van der Waals surface area contributed by atoms with Crippen molar-refractivity contribution in [1.82, 2.24) is 4.98 Å². The topological polar surface area (TPSA) is 68.7 Å². The van der Waals surface area contributed by atoms with E-state index in [4.69, 9.17) is 14.6 Å². The number of carboxylic acids is 1. The Labute approximate surface area is 106 Å². The zero-order chi connectivity index (χ0) is 12.8. The summed E-state index contributed by atoms with van der Waals surface area (Å²) in [4.78, 5) is 14.5. The van der Waals surface area contributed by atoms with Crippen molar-refractivity contribution in [3.05, 3.63) is 29.6 Å². The number of hydrogen-bond acceptors (Lipinski definition) is 4. The molecule has 1 aromatic rings. The molecule has 1 aliphatic rings. The average Bonchev–Trinajstić information content (AvgIpc) is 2.40. The highest BCUT2D eigenvalue weighted by atomic mass is 16.5. The molecule has 0 radical (unpaired) electrons. The molecule has 1 N–H and O–H groups in total. The van der Waals surface area contributed by atoms with Crippen molar-refractivity contribution >= 4 is 5.97 Å². The van der Waals surface area contributed by atoms with E-state index in [1.165, 1.54) is 18.7 Å². The van der Waals surface area contributed by atoms with Crippen LogP contribution in [0.4, 0.5) is 0 Å². The quantitative estimate of drug-likeness (QED) is 0.865. The van der Waals surface area contributed by atoms with Crippen molar-refractivity contribution in [1.29, 1.82) is 0 Å². The third kappa shape index (κ3) is 3.78. The Kier molecular flexibility index (Phi) is 4.66. The zero-order valence-electron chi connectivity index (χ0n) is 10.2. The molecule has 2 heterocycles. The van der Waals surface area contributed by atoms with E-state index in [0.717, 1.165) is 25.0 Å². The van der Waals surface area contributed by atoms with Gasteiger partial charge >= 0.3 is 5.97 Å². The van der Waals surface area contributed by atoms with Crippen LogP contribution in [-0.2, 0) is 16.1 Å². The normalized spacial score (nSPS) is 19.7. The lowest BCUT2D eigenvalue weighted by atomic mass is 10.1. The summed E-state index contributed by atoms with van der Waals surface area (Å²) in [7, 11) is 0. The molecular weight excluding hydrogens is 234 g/mol. The Hall–Kier alpha value is -1.46. The smallest absolute Gasteiger partial charge is 0.354 e. The summed E-state index contributed by atoms with van der Waals surface area (Å²) in [5.74, 6) is -1.02. The lowest BCUT2D eigenvalue weighted by Gasteiger charge is -2.22. The molecule has 18 heavy (non-hydrogen) atoms. The molecule has 1 unspecified atom stereocenters. The fraction of sp³-hybridized carbons (Fsp3) is 0.538. The highest BCUT2D eigenvalue weighted by molar-refractivity contribution is 5.85.